The van der Waals surface area contributed by atoms with Crippen molar-refractivity contribution in [3.8, 4) is 0 Å². The summed E-state index contributed by atoms with van der Waals surface area (Å²) >= 11 is 3.21. The van der Waals surface area contributed by atoms with Gasteiger partial charge in [0.05, 0.1) is 11.6 Å². The van der Waals surface area contributed by atoms with Gasteiger partial charge in [-0.3, -0.25) is 4.79 Å². The minimum atomic E-state index is -0.429. The van der Waals surface area contributed by atoms with Gasteiger partial charge in [0, 0.05) is 4.47 Å². The average molecular weight is 348 g/mol. The van der Waals surface area contributed by atoms with Gasteiger partial charge >= 0.3 is 0 Å². The highest BCUT2D eigenvalue weighted by Gasteiger charge is 2.26. The van der Waals surface area contributed by atoms with Crippen LogP contribution in [-0.4, -0.2) is 5.91 Å². The van der Waals surface area contributed by atoms with E-state index in [0.717, 1.165) is 24.8 Å². The number of nitrogens with one attached hydrogen (secondary N) is 1. The third-order valence-electron chi connectivity index (χ3n) is 3.87. The molecule has 2 aromatic rings. The molecule has 0 spiro atoms. The zero-order valence-corrected chi connectivity index (χ0v) is 13.0. The monoisotopic (exact) mass is 347 g/mol. The summed E-state index contributed by atoms with van der Waals surface area (Å²) < 4.78 is 14.5. The van der Waals surface area contributed by atoms with Crippen molar-refractivity contribution in [1.82, 2.24) is 0 Å². The Bertz CT molecular complexity index is 686. The van der Waals surface area contributed by atoms with Gasteiger partial charge in [-0.1, -0.05) is 40.2 Å². The molecule has 0 fully saturated rings. The van der Waals surface area contributed by atoms with Crippen LogP contribution < -0.4 is 5.32 Å². The molecule has 0 saturated heterocycles. The highest BCUT2D eigenvalue weighted by molar-refractivity contribution is 9.10. The molecule has 1 amide bonds. The van der Waals surface area contributed by atoms with Crippen LogP contribution >= 0.6 is 15.9 Å². The third kappa shape index (κ3) is 3.00. The number of halogens is 2. The van der Waals surface area contributed by atoms with Gasteiger partial charge in [-0.2, -0.15) is 0 Å². The van der Waals surface area contributed by atoms with Gasteiger partial charge in [-0.15, -0.1) is 0 Å². The van der Waals surface area contributed by atoms with E-state index in [1.165, 1.54) is 11.6 Å². The van der Waals surface area contributed by atoms with Crippen LogP contribution in [0.3, 0.4) is 0 Å². The van der Waals surface area contributed by atoms with Crippen molar-refractivity contribution in [2.75, 3.05) is 5.32 Å². The lowest BCUT2D eigenvalue weighted by atomic mass is 9.82. The van der Waals surface area contributed by atoms with E-state index in [-0.39, 0.29) is 17.5 Å². The van der Waals surface area contributed by atoms with Gasteiger partial charge in [-0.25, -0.2) is 4.39 Å². The summed E-state index contributed by atoms with van der Waals surface area (Å²) in [5.41, 5.74) is 2.52. The van der Waals surface area contributed by atoms with E-state index < -0.39 is 5.82 Å². The number of fused-ring (bicyclic) bond motifs is 1. The lowest BCUT2D eigenvalue weighted by molar-refractivity contribution is -0.117. The Morgan fingerprint density at radius 2 is 2.05 bits per heavy atom. The van der Waals surface area contributed by atoms with E-state index in [4.69, 9.17) is 0 Å². The molecule has 2 aromatic carbocycles. The topological polar surface area (TPSA) is 29.1 Å². The Morgan fingerprint density at radius 1 is 1.24 bits per heavy atom. The average Bonchev–Trinajstić information content (AvgIpc) is 2.49. The molecule has 2 nitrogen and oxygen atoms in total. The van der Waals surface area contributed by atoms with Crippen LogP contribution in [-0.2, 0) is 11.2 Å². The number of benzene rings is 2. The molecule has 3 rings (SSSR count). The van der Waals surface area contributed by atoms with E-state index in [0.29, 0.717) is 4.47 Å². The van der Waals surface area contributed by atoms with Crippen molar-refractivity contribution in [1.29, 1.82) is 0 Å². The number of aryl methyl sites for hydroxylation is 1. The van der Waals surface area contributed by atoms with Gasteiger partial charge in [-0.05, 0) is 48.6 Å². The molecule has 1 N–H and O–H groups in total. The normalized spacial score (nSPS) is 17.1. The largest absolute Gasteiger partial charge is 0.323 e. The fraction of sp³-hybridized carbons (Fsp3) is 0.235. The lowest BCUT2D eigenvalue weighted by Crippen LogP contribution is -2.25. The van der Waals surface area contributed by atoms with Crippen LogP contribution in [0.5, 0.6) is 0 Å². The summed E-state index contributed by atoms with van der Waals surface area (Å²) in [6.45, 7) is 0. The molecule has 0 bridgehead atoms. The number of carbonyl (C=O) groups excluding carboxylic acids is 1. The molecule has 1 atom stereocenters. The van der Waals surface area contributed by atoms with E-state index in [2.05, 4.69) is 27.3 Å². The standard InChI is InChI=1S/C17H15BrFNO/c18-12-8-9-16(15(19)10-12)20-17(21)14-7-3-5-11-4-1-2-6-13(11)14/h1-2,4,6,8-10,14H,3,5,7H2,(H,20,21). The third-order valence-corrected chi connectivity index (χ3v) is 4.37. The second kappa shape index (κ2) is 5.98. The van der Waals surface area contributed by atoms with Crippen LogP contribution in [0.15, 0.2) is 46.9 Å². The Hall–Kier alpha value is -1.68. The molecule has 0 aromatic heterocycles. The predicted molar refractivity (Wildman–Crippen MR) is 84.9 cm³/mol. The first kappa shape index (κ1) is 14.3. The summed E-state index contributed by atoms with van der Waals surface area (Å²) in [5.74, 6) is -0.761. The van der Waals surface area contributed by atoms with Gasteiger partial charge in [0.1, 0.15) is 5.82 Å². The molecule has 1 aliphatic rings. The molecule has 4 heteroatoms. The minimum Gasteiger partial charge on any atom is -0.323 e. The highest BCUT2D eigenvalue weighted by atomic mass is 79.9. The first-order chi connectivity index (χ1) is 10.1. The fourth-order valence-corrected chi connectivity index (χ4v) is 3.17. The summed E-state index contributed by atoms with van der Waals surface area (Å²) in [7, 11) is 0. The summed E-state index contributed by atoms with van der Waals surface area (Å²) in [6.07, 6.45) is 2.80. The van der Waals surface area contributed by atoms with Crippen LogP contribution in [0.25, 0.3) is 0 Å². The van der Waals surface area contributed by atoms with Crippen molar-refractivity contribution in [3.05, 3.63) is 63.9 Å². The predicted octanol–water partition coefficient (Wildman–Crippen LogP) is 4.65. The van der Waals surface area contributed by atoms with Crippen LogP contribution in [0, 0.1) is 5.82 Å². The first-order valence-electron chi connectivity index (χ1n) is 6.99. The zero-order chi connectivity index (χ0) is 14.8. The maximum absolute atomic E-state index is 13.8. The Balaban J connectivity index is 1.83. The molecule has 1 unspecified atom stereocenters. The molecule has 0 saturated carbocycles. The number of hydrogen-bond acceptors (Lipinski definition) is 1. The number of anilines is 1. The van der Waals surface area contributed by atoms with Crippen molar-refractivity contribution in [3.63, 3.8) is 0 Å². The molecule has 108 valence electrons. The summed E-state index contributed by atoms with van der Waals surface area (Å²) in [6, 6.07) is 12.6. The SMILES string of the molecule is O=C(Nc1ccc(Br)cc1F)C1CCCc2ccccc21. The van der Waals surface area contributed by atoms with Gasteiger partial charge < -0.3 is 5.32 Å². The quantitative estimate of drug-likeness (QED) is 0.841. The number of hydrogen-bond donors (Lipinski definition) is 1. The molecule has 1 aliphatic carbocycles. The van der Waals surface area contributed by atoms with Crippen molar-refractivity contribution in [2.24, 2.45) is 0 Å². The molecule has 0 radical (unpaired) electrons. The minimum absolute atomic E-state index is 0.136. The van der Waals surface area contributed by atoms with Gasteiger partial charge in [0.2, 0.25) is 5.91 Å². The van der Waals surface area contributed by atoms with Gasteiger partial charge in [0.25, 0.3) is 0 Å². The van der Waals surface area contributed by atoms with Crippen LogP contribution in [0.1, 0.15) is 29.9 Å². The van der Waals surface area contributed by atoms with E-state index in [9.17, 15) is 9.18 Å². The Kier molecular flexibility index (Phi) is 4.06. The second-order valence-electron chi connectivity index (χ2n) is 5.26. The Morgan fingerprint density at radius 3 is 2.86 bits per heavy atom. The number of carbonyl (C=O) groups is 1. The smallest absolute Gasteiger partial charge is 0.232 e. The molecule has 21 heavy (non-hydrogen) atoms. The lowest BCUT2D eigenvalue weighted by Gasteiger charge is -2.24. The number of amides is 1. The number of rotatable bonds is 2. The molecular weight excluding hydrogens is 333 g/mol. The summed E-state index contributed by atoms with van der Waals surface area (Å²) in [4.78, 5) is 12.5. The fourth-order valence-electron chi connectivity index (χ4n) is 2.84. The maximum Gasteiger partial charge on any atom is 0.232 e. The van der Waals surface area contributed by atoms with Crippen LogP contribution in [0.4, 0.5) is 10.1 Å². The second-order valence-corrected chi connectivity index (χ2v) is 6.17. The zero-order valence-electron chi connectivity index (χ0n) is 11.4. The maximum atomic E-state index is 13.8. The Labute approximate surface area is 131 Å². The first-order valence-corrected chi connectivity index (χ1v) is 7.78. The van der Waals surface area contributed by atoms with E-state index >= 15 is 0 Å². The molecular formula is C17H15BrFNO. The highest BCUT2D eigenvalue weighted by Crippen LogP contribution is 2.32. The molecule has 0 aliphatic heterocycles. The van der Waals surface area contributed by atoms with Crippen molar-refractivity contribution >= 4 is 27.5 Å². The van der Waals surface area contributed by atoms with Gasteiger partial charge in [0.15, 0.2) is 0 Å². The van der Waals surface area contributed by atoms with E-state index in [1.807, 2.05) is 18.2 Å². The van der Waals surface area contributed by atoms with Crippen molar-refractivity contribution in [2.45, 2.75) is 25.2 Å². The van der Waals surface area contributed by atoms with E-state index in [1.54, 1.807) is 12.1 Å². The van der Waals surface area contributed by atoms with Crippen LogP contribution in [0.2, 0.25) is 0 Å². The molecule has 0 heterocycles. The summed E-state index contributed by atoms with van der Waals surface area (Å²) in [5, 5.41) is 2.71. The van der Waals surface area contributed by atoms with Crippen molar-refractivity contribution < 1.29 is 9.18 Å².